The summed E-state index contributed by atoms with van der Waals surface area (Å²) in [5.74, 6) is 0.455. The SMILES string of the molecule is CNCC1CCCN(S(=O)(=O)N(C)C2CC2)C1. The van der Waals surface area contributed by atoms with Gasteiger partial charge in [-0.15, -0.1) is 0 Å². The van der Waals surface area contributed by atoms with Gasteiger partial charge in [-0.1, -0.05) is 0 Å². The first kappa shape index (κ1) is 13.3. The molecule has 6 heteroatoms. The van der Waals surface area contributed by atoms with Crippen molar-refractivity contribution < 1.29 is 8.42 Å². The van der Waals surface area contributed by atoms with Crippen LogP contribution in [0.4, 0.5) is 0 Å². The van der Waals surface area contributed by atoms with Crippen molar-refractivity contribution in [2.75, 3.05) is 33.7 Å². The van der Waals surface area contributed by atoms with Crippen LogP contribution >= 0.6 is 0 Å². The first-order valence-corrected chi connectivity index (χ1v) is 7.83. The van der Waals surface area contributed by atoms with E-state index < -0.39 is 10.2 Å². The smallest absolute Gasteiger partial charge is 0.281 e. The molecule has 0 radical (unpaired) electrons. The summed E-state index contributed by atoms with van der Waals surface area (Å²) >= 11 is 0. The summed E-state index contributed by atoms with van der Waals surface area (Å²) in [7, 11) is 0.426. The van der Waals surface area contributed by atoms with E-state index in [0.717, 1.165) is 32.2 Å². The molecule has 2 rings (SSSR count). The summed E-state index contributed by atoms with van der Waals surface area (Å²) in [6.45, 7) is 2.25. The Hall–Kier alpha value is -0.170. The molecule has 1 saturated carbocycles. The fourth-order valence-electron chi connectivity index (χ4n) is 2.50. The van der Waals surface area contributed by atoms with Crippen LogP contribution < -0.4 is 5.32 Å². The lowest BCUT2D eigenvalue weighted by Gasteiger charge is -2.34. The lowest BCUT2D eigenvalue weighted by Crippen LogP contribution is -2.48. The van der Waals surface area contributed by atoms with Crippen LogP contribution in [0, 0.1) is 5.92 Å². The second kappa shape index (κ2) is 5.22. The molecule has 2 fully saturated rings. The molecule has 100 valence electrons. The van der Waals surface area contributed by atoms with Gasteiger partial charge in [0.15, 0.2) is 0 Å². The van der Waals surface area contributed by atoms with Crippen LogP contribution in [0.2, 0.25) is 0 Å². The number of piperidine rings is 1. The van der Waals surface area contributed by atoms with Crippen molar-refractivity contribution in [1.29, 1.82) is 0 Å². The third kappa shape index (κ3) is 2.99. The summed E-state index contributed by atoms with van der Waals surface area (Å²) < 4.78 is 27.9. The first-order chi connectivity index (χ1) is 8.05. The third-order valence-electron chi connectivity index (χ3n) is 3.73. The minimum Gasteiger partial charge on any atom is -0.319 e. The Morgan fingerprint density at radius 2 is 2.06 bits per heavy atom. The average Bonchev–Trinajstić information content (AvgIpc) is 3.13. The zero-order valence-corrected chi connectivity index (χ0v) is 11.5. The van der Waals surface area contributed by atoms with Crippen LogP contribution in [0.1, 0.15) is 25.7 Å². The van der Waals surface area contributed by atoms with Gasteiger partial charge in [0.1, 0.15) is 0 Å². The molecule has 1 N–H and O–H groups in total. The van der Waals surface area contributed by atoms with Gasteiger partial charge >= 0.3 is 0 Å². The van der Waals surface area contributed by atoms with Crippen LogP contribution in [-0.4, -0.2) is 56.8 Å². The molecule has 1 heterocycles. The lowest BCUT2D eigenvalue weighted by atomic mass is 10.00. The van der Waals surface area contributed by atoms with Crippen molar-refractivity contribution in [3.05, 3.63) is 0 Å². The summed E-state index contributed by atoms with van der Waals surface area (Å²) in [4.78, 5) is 0. The maximum Gasteiger partial charge on any atom is 0.281 e. The largest absolute Gasteiger partial charge is 0.319 e. The lowest BCUT2D eigenvalue weighted by molar-refractivity contribution is 0.248. The van der Waals surface area contributed by atoms with Crippen molar-refractivity contribution in [1.82, 2.24) is 13.9 Å². The zero-order chi connectivity index (χ0) is 12.5. The molecule has 1 saturated heterocycles. The minimum absolute atomic E-state index is 0.254. The Kier molecular flexibility index (Phi) is 4.07. The van der Waals surface area contributed by atoms with Gasteiger partial charge in [-0.3, -0.25) is 0 Å². The van der Waals surface area contributed by atoms with Crippen LogP contribution in [-0.2, 0) is 10.2 Å². The average molecular weight is 261 g/mol. The van der Waals surface area contributed by atoms with Crippen molar-refractivity contribution in [2.45, 2.75) is 31.7 Å². The summed E-state index contributed by atoms with van der Waals surface area (Å²) in [5, 5.41) is 3.14. The predicted octanol–water partition coefficient (Wildman–Crippen LogP) is 0.257. The third-order valence-corrected chi connectivity index (χ3v) is 5.74. The first-order valence-electron chi connectivity index (χ1n) is 6.43. The van der Waals surface area contributed by atoms with Crippen LogP contribution in [0.25, 0.3) is 0 Å². The molecular weight excluding hydrogens is 238 g/mol. The van der Waals surface area contributed by atoms with Gasteiger partial charge in [-0.25, -0.2) is 0 Å². The highest BCUT2D eigenvalue weighted by Gasteiger charge is 2.39. The molecule has 1 atom stereocenters. The van der Waals surface area contributed by atoms with E-state index in [4.69, 9.17) is 0 Å². The number of nitrogens with one attached hydrogen (secondary N) is 1. The number of hydrogen-bond donors (Lipinski definition) is 1. The molecule has 1 unspecified atom stereocenters. The summed E-state index contributed by atoms with van der Waals surface area (Å²) in [5.41, 5.74) is 0. The molecule has 0 bridgehead atoms. The topological polar surface area (TPSA) is 52.7 Å². The van der Waals surface area contributed by atoms with Crippen molar-refractivity contribution in [2.24, 2.45) is 5.92 Å². The summed E-state index contributed by atoms with van der Waals surface area (Å²) in [6, 6.07) is 0.254. The predicted molar refractivity (Wildman–Crippen MR) is 67.9 cm³/mol. The monoisotopic (exact) mass is 261 g/mol. The van der Waals surface area contributed by atoms with E-state index in [1.165, 1.54) is 0 Å². The molecule has 1 aliphatic carbocycles. The van der Waals surface area contributed by atoms with Gasteiger partial charge in [0, 0.05) is 26.2 Å². The Morgan fingerprint density at radius 1 is 1.35 bits per heavy atom. The van der Waals surface area contributed by atoms with Gasteiger partial charge in [0.2, 0.25) is 0 Å². The maximum absolute atomic E-state index is 12.3. The molecule has 0 spiro atoms. The highest BCUT2D eigenvalue weighted by atomic mass is 32.2. The second-order valence-corrected chi connectivity index (χ2v) is 7.17. The Morgan fingerprint density at radius 3 is 2.65 bits per heavy atom. The van der Waals surface area contributed by atoms with Crippen molar-refractivity contribution >= 4 is 10.2 Å². The Bertz CT molecular complexity index is 352. The van der Waals surface area contributed by atoms with Crippen molar-refractivity contribution in [3.8, 4) is 0 Å². The highest BCUT2D eigenvalue weighted by molar-refractivity contribution is 7.86. The van der Waals surface area contributed by atoms with E-state index >= 15 is 0 Å². The van der Waals surface area contributed by atoms with E-state index in [9.17, 15) is 8.42 Å². The minimum atomic E-state index is -3.21. The van der Waals surface area contributed by atoms with Gasteiger partial charge in [0.05, 0.1) is 0 Å². The van der Waals surface area contributed by atoms with E-state index in [-0.39, 0.29) is 6.04 Å². The highest BCUT2D eigenvalue weighted by Crippen LogP contribution is 2.30. The summed E-state index contributed by atoms with van der Waals surface area (Å²) in [6.07, 6.45) is 4.14. The van der Waals surface area contributed by atoms with E-state index in [1.807, 2.05) is 7.05 Å². The quantitative estimate of drug-likeness (QED) is 0.772. The second-order valence-electron chi connectivity index (χ2n) is 5.18. The molecule has 0 aromatic heterocycles. The van der Waals surface area contributed by atoms with Crippen LogP contribution in [0.15, 0.2) is 0 Å². The molecule has 2 aliphatic rings. The fraction of sp³-hybridized carbons (Fsp3) is 1.00. The number of rotatable bonds is 5. The van der Waals surface area contributed by atoms with Crippen molar-refractivity contribution in [3.63, 3.8) is 0 Å². The molecule has 0 amide bonds. The Balaban J connectivity index is 2.00. The van der Waals surface area contributed by atoms with E-state index in [2.05, 4.69) is 5.32 Å². The van der Waals surface area contributed by atoms with Gasteiger partial charge in [0.25, 0.3) is 10.2 Å². The molecule has 1 aliphatic heterocycles. The van der Waals surface area contributed by atoms with Gasteiger partial charge in [-0.05, 0) is 45.2 Å². The molecule has 17 heavy (non-hydrogen) atoms. The zero-order valence-electron chi connectivity index (χ0n) is 10.7. The number of hydrogen-bond acceptors (Lipinski definition) is 3. The molecule has 0 aromatic rings. The van der Waals surface area contributed by atoms with Gasteiger partial charge < -0.3 is 5.32 Å². The van der Waals surface area contributed by atoms with E-state index in [1.54, 1.807) is 15.7 Å². The Labute approximate surface area is 104 Å². The van der Waals surface area contributed by atoms with Crippen LogP contribution in [0.3, 0.4) is 0 Å². The van der Waals surface area contributed by atoms with Crippen LogP contribution in [0.5, 0.6) is 0 Å². The molecule has 0 aromatic carbocycles. The standard InChI is InChI=1S/C11H23N3O2S/c1-12-8-10-4-3-7-14(9-10)17(15,16)13(2)11-5-6-11/h10-12H,3-9H2,1-2H3. The van der Waals surface area contributed by atoms with E-state index in [0.29, 0.717) is 19.0 Å². The van der Waals surface area contributed by atoms with Gasteiger partial charge in [-0.2, -0.15) is 17.0 Å². The normalized spacial score (nSPS) is 27.6. The molecule has 5 nitrogen and oxygen atoms in total. The number of nitrogens with zero attached hydrogens (tertiary/aromatic N) is 2. The fourth-order valence-corrected chi connectivity index (χ4v) is 4.21. The maximum atomic E-state index is 12.3. The molecular formula is C11H23N3O2S.